The zero-order chi connectivity index (χ0) is 12.0. The standard InChI is InChI=1S/C9H7ClF4N2/c10-5-3-6(11)7(15-4-5)16-8(1-2-8)9(12,13)14/h3-4H,1-2H2,(H,15,16). The topological polar surface area (TPSA) is 24.9 Å². The number of aromatic nitrogens is 1. The van der Waals surface area contributed by atoms with Crippen molar-refractivity contribution in [2.75, 3.05) is 5.32 Å². The Morgan fingerprint density at radius 1 is 1.38 bits per heavy atom. The van der Waals surface area contributed by atoms with Crippen LogP contribution in [-0.2, 0) is 0 Å². The maximum Gasteiger partial charge on any atom is 0.411 e. The first-order valence-electron chi connectivity index (χ1n) is 4.50. The summed E-state index contributed by atoms with van der Waals surface area (Å²) >= 11 is 5.44. The second-order valence-electron chi connectivity index (χ2n) is 3.69. The van der Waals surface area contributed by atoms with Crippen molar-refractivity contribution in [2.45, 2.75) is 24.6 Å². The van der Waals surface area contributed by atoms with Crippen LogP contribution in [0.1, 0.15) is 12.8 Å². The van der Waals surface area contributed by atoms with Gasteiger partial charge in [0.1, 0.15) is 5.54 Å². The van der Waals surface area contributed by atoms with Crippen molar-refractivity contribution in [3.63, 3.8) is 0 Å². The van der Waals surface area contributed by atoms with Crippen molar-refractivity contribution >= 4 is 17.4 Å². The molecule has 0 amide bonds. The molecule has 7 heteroatoms. The minimum Gasteiger partial charge on any atom is -0.354 e. The van der Waals surface area contributed by atoms with E-state index in [1.807, 2.05) is 0 Å². The molecule has 16 heavy (non-hydrogen) atoms. The first kappa shape index (κ1) is 11.4. The molecular formula is C9H7ClF4N2. The van der Waals surface area contributed by atoms with E-state index in [1.54, 1.807) is 0 Å². The molecule has 1 aliphatic rings. The molecule has 0 radical (unpaired) electrons. The molecule has 0 spiro atoms. The molecule has 0 atom stereocenters. The Morgan fingerprint density at radius 3 is 2.44 bits per heavy atom. The van der Waals surface area contributed by atoms with E-state index in [1.165, 1.54) is 0 Å². The van der Waals surface area contributed by atoms with Gasteiger partial charge in [0.15, 0.2) is 11.6 Å². The van der Waals surface area contributed by atoms with Gasteiger partial charge in [0.2, 0.25) is 0 Å². The lowest BCUT2D eigenvalue weighted by atomic mass is 10.2. The van der Waals surface area contributed by atoms with Crippen molar-refractivity contribution in [3.05, 3.63) is 23.1 Å². The highest BCUT2D eigenvalue weighted by Crippen LogP contribution is 2.51. The van der Waals surface area contributed by atoms with Crippen LogP contribution in [0.4, 0.5) is 23.4 Å². The quantitative estimate of drug-likeness (QED) is 0.819. The molecule has 1 heterocycles. The Balaban J connectivity index is 2.22. The van der Waals surface area contributed by atoms with Crippen LogP contribution < -0.4 is 5.32 Å². The fourth-order valence-electron chi connectivity index (χ4n) is 1.34. The summed E-state index contributed by atoms with van der Waals surface area (Å²) in [6, 6.07) is 0.920. The van der Waals surface area contributed by atoms with Gasteiger partial charge in [0, 0.05) is 6.20 Å². The van der Waals surface area contributed by atoms with E-state index in [9.17, 15) is 17.6 Å². The van der Waals surface area contributed by atoms with Crippen LogP contribution in [0.3, 0.4) is 0 Å². The molecule has 0 bridgehead atoms. The fourth-order valence-corrected chi connectivity index (χ4v) is 1.48. The summed E-state index contributed by atoms with van der Waals surface area (Å²) < 4.78 is 50.9. The van der Waals surface area contributed by atoms with Gasteiger partial charge in [-0.3, -0.25) is 0 Å². The van der Waals surface area contributed by atoms with Crippen molar-refractivity contribution in [3.8, 4) is 0 Å². The fraction of sp³-hybridized carbons (Fsp3) is 0.444. The number of hydrogen-bond acceptors (Lipinski definition) is 2. The molecule has 1 aromatic heterocycles. The molecule has 0 unspecified atom stereocenters. The van der Waals surface area contributed by atoms with Crippen LogP contribution in [0.25, 0.3) is 0 Å². The molecule has 1 N–H and O–H groups in total. The third-order valence-corrected chi connectivity index (χ3v) is 2.66. The Hall–Kier alpha value is -1.04. The predicted octanol–water partition coefficient (Wildman–Crippen LogP) is 3.38. The van der Waals surface area contributed by atoms with Gasteiger partial charge in [0.05, 0.1) is 5.02 Å². The van der Waals surface area contributed by atoms with Crippen LogP contribution in [0.5, 0.6) is 0 Å². The van der Waals surface area contributed by atoms with Gasteiger partial charge < -0.3 is 5.32 Å². The second-order valence-corrected chi connectivity index (χ2v) is 4.13. The van der Waals surface area contributed by atoms with E-state index < -0.39 is 23.4 Å². The zero-order valence-corrected chi connectivity index (χ0v) is 8.66. The van der Waals surface area contributed by atoms with E-state index in [2.05, 4.69) is 10.3 Å². The Bertz CT molecular complexity index is 414. The third kappa shape index (κ3) is 1.93. The van der Waals surface area contributed by atoms with Gasteiger partial charge in [0.25, 0.3) is 0 Å². The molecular weight excluding hydrogens is 248 g/mol. The minimum atomic E-state index is -4.40. The molecule has 2 rings (SSSR count). The first-order chi connectivity index (χ1) is 7.34. The van der Waals surface area contributed by atoms with Crippen LogP contribution in [-0.4, -0.2) is 16.7 Å². The molecule has 1 fully saturated rings. The lowest BCUT2D eigenvalue weighted by molar-refractivity contribution is -0.151. The molecule has 1 aliphatic carbocycles. The number of nitrogens with one attached hydrogen (secondary N) is 1. The summed E-state index contributed by atoms with van der Waals surface area (Å²) in [5.74, 6) is -1.30. The Morgan fingerprint density at radius 2 is 2.00 bits per heavy atom. The number of alkyl halides is 3. The Kier molecular flexibility index (Phi) is 2.49. The Labute approximate surface area is 93.6 Å². The minimum absolute atomic E-state index is 0.0416. The van der Waals surface area contributed by atoms with E-state index in [0.29, 0.717) is 0 Å². The highest BCUT2D eigenvalue weighted by Gasteiger charge is 2.63. The summed E-state index contributed by atoms with van der Waals surface area (Å²) in [6.07, 6.45) is -3.44. The van der Waals surface area contributed by atoms with Crippen molar-refractivity contribution < 1.29 is 17.6 Å². The van der Waals surface area contributed by atoms with Crippen LogP contribution in [0.15, 0.2) is 12.3 Å². The highest BCUT2D eigenvalue weighted by molar-refractivity contribution is 6.30. The largest absolute Gasteiger partial charge is 0.411 e. The third-order valence-electron chi connectivity index (χ3n) is 2.46. The van der Waals surface area contributed by atoms with Crippen LogP contribution >= 0.6 is 11.6 Å². The first-order valence-corrected chi connectivity index (χ1v) is 4.88. The molecule has 2 nitrogen and oxygen atoms in total. The lowest BCUT2D eigenvalue weighted by Gasteiger charge is -2.21. The normalized spacial score (nSPS) is 18.3. The van der Waals surface area contributed by atoms with E-state index in [0.717, 1.165) is 12.3 Å². The van der Waals surface area contributed by atoms with Gasteiger partial charge >= 0.3 is 6.18 Å². The smallest absolute Gasteiger partial charge is 0.354 e. The molecule has 0 aliphatic heterocycles. The second kappa shape index (κ2) is 3.48. The van der Waals surface area contributed by atoms with E-state index in [4.69, 9.17) is 11.6 Å². The van der Waals surface area contributed by atoms with Crippen LogP contribution in [0.2, 0.25) is 5.02 Å². The highest BCUT2D eigenvalue weighted by atomic mass is 35.5. The molecule has 1 saturated carbocycles. The maximum atomic E-state index is 13.2. The van der Waals surface area contributed by atoms with Gasteiger partial charge in [-0.2, -0.15) is 13.2 Å². The maximum absolute atomic E-state index is 13.2. The zero-order valence-electron chi connectivity index (χ0n) is 7.91. The van der Waals surface area contributed by atoms with Gasteiger partial charge in [-0.1, -0.05) is 11.6 Å². The molecule has 0 saturated heterocycles. The summed E-state index contributed by atoms with van der Waals surface area (Å²) in [7, 11) is 0. The van der Waals surface area contributed by atoms with Crippen LogP contribution in [0, 0.1) is 5.82 Å². The van der Waals surface area contributed by atoms with Crippen molar-refractivity contribution in [1.82, 2.24) is 4.98 Å². The van der Waals surface area contributed by atoms with Gasteiger partial charge in [-0.25, -0.2) is 9.37 Å². The van der Waals surface area contributed by atoms with Crippen molar-refractivity contribution in [2.24, 2.45) is 0 Å². The van der Waals surface area contributed by atoms with Crippen molar-refractivity contribution in [1.29, 1.82) is 0 Å². The predicted molar refractivity (Wildman–Crippen MR) is 50.8 cm³/mol. The lowest BCUT2D eigenvalue weighted by Crippen LogP contribution is -2.39. The number of hydrogen-bond donors (Lipinski definition) is 1. The average Bonchev–Trinajstić information content (AvgIpc) is 2.90. The van der Waals surface area contributed by atoms with E-state index >= 15 is 0 Å². The number of pyridine rings is 1. The molecule has 0 aromatic carbocycles. The molecule has 88 valence electrons. The summed E-state index contributed by atoms with van der Waals surface area (Å²) in [6.45, 7) is 0. The van der Waals surface area contributed by atoms with Gasteiger partial charge in [-0.05, 0) is 18.9 Å². The molecule has 1 aromatic rings. The summed E-state index contributed by atoms with van der Waals surface area (Å²) in [5, 5.41) is 2.14. The van der Waals surface area contributed by atoms with Gasteiger partial charge in [-0.15, -0.1) is 0 Å². The SMILES string of the molecule is Fc1cc(Cl)cnc1NC1(C(F)(F)F)CC1. The monoisotopic (exact) mass is 254 g/mol. The summed E-state index contributed by atoms with van der Waals surface area (Å²) in [4.78, 5) is 3.50. The van der Waals surface area contributed by atoms with E-state index in [-0.39, 0.29) is 17.9 Å². The number of rotatable bonds is 2. The number of halogens is 5. The summed E-state index contributed by atoms with van der Waals surface area (Å²) in [5.41, 5.74) is -2.02. The average molecular weight is 255 g/mol. The number of nitrogens with zero attached hydrogens (tertiary/aromatic N) is 1. The number of anilines is 1.